The standard InChI is InChI=1S/C21H21NO2/c1-15-14-17-10-7-9-16-8-3-4-11-18(16)22(21(17)24-15)19-12-5-6-13-20(19)23-2/h3-6,8,11-14H,7,9-10H2,1-2H3. The summed E-state index contributed by atoms with van der Waals surface area (Å²) in [5.41, 5.74) is 4.76. The molecule has 2 aromatic carbocycles. The predicted molar refractivity (Wildman–Crippen MR) is 96.7 cm³/mol. The number of fused-ring (bicyclic) bond motifs is 2. The van der Waals surface area contributed by atoms with E-state index in [9.17, 15) is 0 Å². The van der Waals surface area contributed by atoms with Gasteiger partial charge in [0, 0.05) is 5.56 Å². The molecule has 0 saturated carbocycles. The highest BCUT2D eigenvalue weighted by Gasteiger charge is 2.26. The molecule has 1 aromatic heterocycles. The molecule has 0 bridgehead atoms. The van der Waals surface area contributed by atoms with Gasteiger partial charge in [-0.1, -0.05) is 30.3 Å². The van der Waals surface area contributed by atoms with E-state index in [0.29, 0.717) is 0 Å². The lowest BCUT2D eigenvalue weighted by Gasteiger charge is -2.29. The molecule has 0 amide bonds. The zero-order chi connectivity index (χ0) is 16.5. The average Bonchev–Trinajstić information content (AvgIpc) is 2.95. The average molecular weight is 319 g/mol. The molecule has 3 nitrogen and oxygen atoms in total. The monoisotopic (exact) mass is 319 g/mol. The van der Waals surface area contributed by atoms with E-state index < -0.39 is 0 Å². The highest BCUT2D eigenvalue weighted by molar-refractivity contribution is 5.81. The van der Waals surface area contributed by atoms with Crippen LogP contribution in [-0.4, -0.2) is 7.11 Å². The van der Waals surface area contributed by atoms with Crippen LogP contribution in [0.2, 0.25) is 0 Å². The maximum Gasteiger partial charge on any atom is 0.207 e. The van der Waals surface area contributed by atoms with Gasteiger partial charge in [-0.25, -0.2) is 0 Å². The Hall–Kier alpha value is -2.68. The molecule has 0 saturated heterocycles. The van der Waals surface area contributed by atoms with Crippen molar-refractivity contribution in [1.82, 2.24) is 0 Å². The van der Waals surface area contributed by atoms with E-state index >= 15 is 0 Å². The van der Waals surface area contributed by atoms with Gasteiger partial charge in [-0.15, -0.1) is 0 Å². The molecule has 0 aliphatic carbocycles. The molecule has 1 aliphatic rings. The number of furan rings is 1. The Morgan fingerprint density at radius 3 is 2.46 bits per heavy atom. The number of hydrogen-bond donors (Lipinski definition) is 0. The van der Waals surface area contributed by atoms with Gasteiger partial charge >= 0.3 is 0 Å². The fourth-order valence-corrected chi connectivity index (χ4v) is 3.50. The third-order valence-corrected chi connectivity index (χ3v) is 4.56. The van der Waals surface area contributed by atoms with Gasteiger partial charge in [0.15, 0.2) is 0 Å². The van der Waals surface area contributed by atoms with Gasteiger partial charge in [-0.05, 0) is 56.0 Å². The van der Waals surface area contributed by atoms with Crippen molar-refractivity contribution >= 4 is 17.3 Å². The molecule has 0 unspecified atom stereocenters. The summed E-state index contributed by atoms with van der Waals surface area (Å²) in [5.74, 6) is 2.69. The molecule has 3 heteroatoms. The minimum atomic E-state index is 0.841. The van der Waals surface area contributed by atoms with Crippen LogP contribution in [0.3, 0.4) is 0 Å². The first-order valence-corrected chi connectivity index (χ1v) is 8.38. The van der Waals surface area contributed by atoms with Gasteiger partial charge in [0.25, 0.3) is 0 Å². The van der Waals surface area contributed by atoms with Crippen LogP contribution in [0.15, 0.2) is 59.0 Å². The SMILES string of the molecule is COc1ccccc1N1c2ccccc2CCCc2cc(C)oc21. The van der Waals surface area contributed by atoms with Crippen LogP contribution < -0.4 is 9.64 Å². The van der Waals surface area contributed by atoms with Crippen molar-refractivity contribution in [3.8, 4) is 5.75 Å². The third kappa shape index (κ3) is 2.46. The molecular weight excluding hydrogens is 298 g/mol. The van der Waals surface area contributed by atoms with E-state index in [4.69, 9.17) is 9.15 Å². The lowest BCUT2D eigenvalue weighted by molar-refractivity contribution is 0.415. The maximum absolute atomic E-state index is 6.14. The number of ether oxygens (including phenoxy) is 1. The van der Waals surface area contributed by atoms with Crippen LogP contribution in [-0.2, 0) is 12.8 Å². The molecule has 3 aromatic rings. The summed E-state index contributed by atoms with van der Waals surface area (Å²) < 4.78 is 11.8. The Bertz CT molecular complexity index is 855. The number of para-hydroxylation sites is 3. The van der Waals surface area contributed by atoms with Crippen molar-refractivity contribution in [3.05, 3.63) is 71.5 Å². The van der Waals surface area contributed by atoms with Crippen molar-refractivity contribution < 1.29 is 9.15 Å². The van der Waals surface area contributed by atoms with E-state index in [2.05, 4.69) is 41.3 Å². The molecule has 0 radical (unpaired) electrons. The summed E-state index contributed by atoms with van der Waals surface area (Å²) >= 11 is 0. The minimum absolute atomic E-state index is 0.841. The second-order valence-electron chi connectivity index (χ2n) is 6.18. The van der Waals surface area contributed by atoms with Gasteiger partial charge in [0.05, 0.1) is 18.5 Å². The molecule has 0 fully saturated rings. The number of benzene rings is 2. The fraction of sp³-hybridized carbons (Fsp3) is 0.238. The fourth-order valence-electron chi connectivity index (χ4n) is 3.50. The smallest absolute Gasteiger partial charge is 0.207 e. The van der Waals surface area contributed by atoms with E-state index in [1.165, 1.54) is 11.1 Å². The topological polar surface area (TPSA) is 25.6 Å². The van der Waals surface area contributed by atoms with Gasteiger partial charge in [-0.3, -0.25) is 4.90 Å². The number of hydrogen-bond acceptors (Lipinski definition) is 3. The van der Waals surface area contributed by atoms with Crippen molar-refractivity contribution in [2.45, 2.75) is 26.2 Å². The highest BCUT2D eigenvalue weighted by Crippen LogP contribution is 2.45. The first-order valence-electron chi connectivity index (χ1n) is 8.38. The van der Waals surface area contributed by atoms with Crippen LogP contribution >= 0.6 is 0 Å². The Labute approximate surface area is 142 Å². The minimum Gasteiger partial charge on any atom is -0.495 e. The summed E-state index contributed by atoms with van der Waals surface area (Å²) in [5, 5.41) is 0. The van der Waals surface area contributed by atoms with Crippen molar-refractivity contribution in [2.24, 2.45) is 0 Å². The molecular formula is C21H21NO2. The molecule has 2 heterocycles. The Morgan fingerprint density at radius 1 is 0.917 bits per heavy atom. The third-order valence-electron chi connectivity index (χ3n) is 4.56. The second kappa shape index (κ2) is 6.08. The first-order chi connectivity index (χ1) is 11.8. The summed E-state index contributed by atoms with van der Waals surface area (Å²) in [6.45, 7) is 2.01. The number of nitrogens with zero attached hydrogens (tertiary/aromatic N) is 1. The van der Waals surface area contributed by atoms with Crippen LogP contribution in [0.25, 0.3) is 0 Å². The van der Waals surface area contributed by atoms with Crippen molar-refractivity contribution in [3.63, 3.8) is 0 Å². The molecule has 0 spiro atoms. The molecule has 4 rings (SSSR count). The van der Waals surface area contributed by atoms with Gasteiger partial charge in [0.1, 0.15) is 11.5 Å². The molecule has 1 aliphatic heterocycles. The van der Waals surface area contributed by atoms with Crippen LogP contribution in [0.5, 0.6) is 5.75 Å². The highest BCUT2D eigenvalue weighted by atomic mass is 16.5. The van der Waals surface area contributed by atoms with E-state index in [1.807, 2.05) is 25.1 Å². The van der Waals surface area contributed by atoms with Crippen LogP contribution in [0.1, 0.15) is 23.3 Å². The number of anilines is 3. The number of rotatable bonds is 2. The van der Waals surface area contributed by atoms with Gasteiger partial charge in [0.2, 0.25) is 5.88 Å². The zero-order valence-corrected chi connectivity index (χ0v) is 14.1. The summed E-state index contributed by atoms with van der Waals surface area (Å²) in [6.07, 6.45) is 3.21. The predicted octanol–water partition coefficient (Wildman–Crippen LogP) is 5.56. The largest absolute Gasteiger partial charge is 0.495 e. The van der Waals surface area contributed by atoms with Crippen LogP contribution in [0.4, 0.5) is 17.3 Å². The molecule has 0 atom stereocenters. The van der Waals surface area contributed by atoms with Gasteiger partial charge < -0.3 is 9.15 Å². The molecule has 24 heavy (non-hydrogen) atoms. The quantitative estimate of drug-likeness (QED) is 0.619. The van der Waals surface area contributed by atoms with E-state index in [1.54, 1.807) is 7.11 Å². The Morgan fingerprint density at radius 2 is 1.62 bits per heavy atom. The maximum atomic E-state index is 6.14. The zero-order valence-electron chi connectivity index (χ0n) is 14.1. The first kappa shape index (κ1) is 14.9. The molecule has 122 valence electrons. The lowest BCUT2D eigenvalue weighted by Crippen LogP contribution is -2.16. The number of methoxy groups -OCH3 is 1. The second-order valence-corrected chi connectivity index (χ2v) is 6.18. The Balaban J connectivity index is 1.99. The van der Waals surface area contributed by atoms with Crippen molar-refractivity contribution in [2.75, 3.05) is 12.0 Å². The summed E-state index contributed by atoms with van der Waals surface area (Å²) in [7, 11) is 1.71. The number of aryl methyl sites for hydroxylation is 3. The van der Waals surface area contributed by atoms with Crippen molar-refractivity contribution in [1.29, 1.82) is 0 Å². The lowest BCUT2D eigenvalue weighted by atomic mass is 9.99. The Kier molecular flexibility index (Phi) is 3.77. The normalized spacial score (nSPS) is 13.7. The summed E-state index contributed by atoms with van der Waals surface area (Å²) in [4.78, 5) is 2.20. The van der Waals surface area contributed by atoms with Crippen LogP contribution in [0, 0.1) is 6.92 Å². The summed E-state index contributed by atoms with van der Waals surface area (Å²) in [6, 6.07) is 18.8. The van der Waals surface area contributed by atoms with E-state index in [-0.39, 0.29) is 0 Å². The molecule has 0 N–H and O–H groups in total. The van der Waals surface area contributed by atoms with Gasteiger partial charge in [-0.2, -0.15) is 0 Å². The van der Waals surface area contributed by atoms with E-state index in [0.717, 1.165) is 48.0 Å².